The third-order valence-electron chi connectivity index (χ3n) is 7.04. The number of halogens is 3. The van der Waals surface area contributed by atoms with Gasteiger partial charge in [-0.25, -0.2) is 9.97 Å². The van der Waals surface area contributed by atoms with Crippen molar-refractivity contribution in [2.45, 2.75) is 52.4 Å². The summed E-state index contributed by atoms with van der Waals surface area (Å²) >= 11 is 0. The van der Waals surface area contributed by atoms with Crippen molar-refractivity contribution in [3.63, 3.8) is 0 Å². The zero-order valence-corrected chi connectivity index (χ0v) is 21.8. The van der Waals surface area contributed by atoms with Crippen molar-refractivity contribution in [3.05, 3.63) is 60.8 Å². The Morgan fingerprint density at radius 3 is 2.42 bits per heavy atom. The van der Waals surface area contributed by atoms with Crippen LogP contribution in [-0.2, 0) is 0 Å². The van der Waals surface area contributed by atoms with E-state index in [1.54, 1.807) is 25.4 Å². The van der Waals surface area contributed by atoms with E-state index >= 15 is 0 Å². The first-order chi connectivity index (χ1) is 18.0. The molecule has 2 aromatic heterocycles. The molecule has 1 aliphatic carbocycles. The average molecular weight is 525 g/mol. The van der Waals surface area contributed by atoms with Gasteiger partial charge in [-0.3, -0.25) is 0 Å². The first kappa shape index (κ1) is 25.9. The van der Waals surface area contributed by atoms with E-state index in [1.807, 2.05) is 18.2 Å². The number of pyridine rings is 1. The van der Waals surface area contributed by atoms with Gasteiger partial charge in [-0.2, -0.15) is 0 Å². The van der Waals surface area contributed by atoms with Crippen LogP contribution in [0.25, 0.3) is 22.2 Å². The molecule has 38 heavy (non-hydrogen) atoms. The number of hydrogen-bond acceptors (Lipinski definition) is 5. The van der Waals surface area contributed by atoms with Gasteiger partial charge < -0.3 is 19.4 Å². The third kappa shape index (κ3) is 5.71. The molecule has 0 aliphatic heterocycles. The van der Waals surface area contributed by atoms with Gasteiger partial charge in [0, 0.05) is 24.0 Å². The van der Waals surface area contributed by atoms with Crippen molar-refractivity contribution in [2.24, 2.45) is 11.3 Å². The number of rotatable bonds is 6. The highest BCUT2D eigenvalue weighted by Crippen LogP contribution is 2.46. The van der Waals surface area contributed by atoms with Crippen LogP contribution >= 0.6 is 0 Å². The Bertz CT molecular complexity index is 1430. The van der Waals surface area contributed by atoms with E-state index in [-0.39, 0.29) is 17.2 Å². The molecule has 1 aliphatic rings. The molecule has 0 bridgehead atoms. The Kier molecular flexibility index (Phi) is 6.71. The maximum Gasteiger partial charge on any atom is 0.573 e. The lowest BCUT2D eigenvalue weighted by atomic mass is 9.70. The maximum atomic E-state index is 12.6. The zero-order valence-electron chi connectivity index (χ0n) is 21.8. The SMILES string of the molecule is COc1cc(-c2ccc3c(c2)nc(Nc2ccc(OC(F)(F)F)cc2)n3[C@@H]2C[C@H](C)CC(C)(C)C2)ccn1. The van der Waals surface area contributed by atoms with E-state index in [0.29, 0.717) is 23.4 Å². The standard InChI is InChI=1S/C29H31F3N4O2/c1-18-13-22(17-28(2,3)16-18)36-25-10-5-19(20-11-12-33-26(15-20)37-4)14-24(25)35-27(36)34-21-6-8-23(9-7-21)38-29(30,31)32/h5-12,14-15,18,22H,13,16-17H2,1-4H3,(H,34,35)/t18-,22+/m0/s1. The minimum Gasteiger partial charge on any atom is -0.481 e. The van der Waals surface area contributed by atoms with Gasteiger partial charge in [-0.05, 0) is 84.2 Å². The number of nitrogens with one attached hydrogen (secondary N) is 1. The number of nitrogens with zero attached hydrogens (tertiary/aromatic N) is 3. The van der Waals surface area contributed by atoms with E-state index in [0.717, 1.165) is 41.4 Å². The minimum atomic E-state index is -4.73. The van der Waals surface area contributed by atoms with Crippen LogP contribution < -0.4 is 14.8 Å². The lowest BCUT2D eigenvalue weighted by Crippen LogP contribution is -2.29. The van der Waals surface area contributed by atoms with Crippen LogP contribution in [0.4, 0.5) is 24.8 Å². The van der Waals surface area contributed by atoms with Crippen LogP contribution in [0.5, 0.6) is 11.6 Å². The lowest BCUT2D eigenvalue weighted by molar-refractivity contribution is -0.274. The zero-order chi connectivity index (χ0) is 27.1. The summed E-state index contributed by atoms with van der Waals surface area (Å²) in [6.07, 6.45) is 0.156. The molecule has 200 valence electrons. The van der Waals surface area contributed by atoms with Gasteiger partial charge in [0.1, 0.15) is 5.75 Å². The molecule has 0 radical (unpaired) electrons. The molecule has 2 atom stereocenters. The van der Waals surface area contributed by atoms with Crippen LogP contribution in [0.2, 0.25) is 0 Å². The monoisotopic (exact) mass is 524 g/mol. The number of fused-ring (bicyclic) bond motifs is 1. The number of hydrogen-bond donors (Lipinski definition) is 1. The minimum absolute atomic E-state index is 0.181. The molecular weight excluding hydrogens is 493 g/mol. The van der Waals surface area contributed by atoms with E-state index in [4.69, 9.17) is 9.72 Å². The molecule has 0 unspecified atom stereocenters. The van der Waals surface area contributed by atoms with Crippen molar-refractivity contribution >= 4 is 22.7 Å². The summed E-state index contributed by atoms with van der Waals surface area (Å²) in [4.78, 5) is 9.16. The van der Waals surface area contributed by atoms with E-state index in [1.165, 1.54) is 12.1 Å². The second-order valence-electron chi connectivity index (χ2n) is 10.9. The molecule has 6 nitrogen and oxygen atoms in total. The topological polar surface area (TPSA) is 61.2 Å². The first-order valence-electron chi connectivity index (χ1n) is 12.6. The van der Waals surface area contributed by atoms with E-state index in [9.17, 15) is 13.2 Å². The molecule has 1 N–H and O–H groups in total. The molecule has 0 saturated heterocycles. The van der Waals surface area contributed by atoms with Crippen LogP contribution in [-0.4, -0.2) is 28.0 Å². The van der Waals surface area contributed by atoms with Crippen molar-refractivity contribution in [1.82, 2.24) is 14.5 Å². The Morgan fingerprint density at radius 2 is 1.74 bits per heavy atom. The molecule has 4 aromatic rings. The van der Waals surface area contributed by atoms with Crippen molar-refractivity contribution in [2.75, 3.05) is 12.4 Å². The molecule has 2 aromatic carbocycles. The summed E-state index contributed by atoms with van der Waals surface area (Å²) in [6.45, 7) is 6.89. The van der Waals surface area contributed by atoms with Crippen molar-refractivity contribution in [3.8, 4) is 22.8 Å². The fraction of sp³-hybridized carbons (Fsp3) is 0.379. The second kappa shape index (κ2) is 9.85. The molecule has 1 fully saturated rings. The Balaban J connectivity index is 1.55. The van der Waals surface area contributed by atoms with Crippen molar-refractivity contribution < 1.29 is 22.6 Å². The predicted molar refractivity (Wildman–Crippen MR) is 142 cm³/mol. The first-order valence-corrected chi connectivity index (χ1v) is 12.6. The van der Waals surface area contributed by atoms with E-state index < -0.39 is 6.36 Å². The Labute approximate surface area is 219 Å². The highest BCUT2D eigenvalue weighted by Gasteiger charge is 2.35. The number of benzene rings is 2. The summed E-state index contributed by atoms with van der Waals surface area (Å²) in [6, 6.07) is 15.9. The molecular formula is C29H31F3N4O2. The van der Waals surface area contributed by atoms with Gasteiger partial charge >= 0.3 is 6.36 Å². The van der Waals surface area contributed by atoms with Gasteiger partial charge in [-0.15, -0.1) is 13.2 Å². The fourth-order valence-electron chi connectivity index (χ4n) is 5.80. The lowest BCUT2D eigenvalue weighted by Gasteiger charge is -2.40. The summed E-state index contributed by atoms with van der Waals surface area (Å²) in [5.74, 6) is 1.48. The molecule has 5 rings (SSSR count). The largest absolute Gasteiger partial charge is 0.573 e. The Morgan fingerprint density at radius 1 is 1.00 bits per heavy atom. The molecule has 2 heterocycles. The van der Waals surface area contributed by atoms with Crippen LogP contribution in [0.3, 0.4) is 0 Å². The number of methoxy groups -OCH3 is 1. The van der Waals surface area contributed by atoms with E-state index in [2.05, 4.69) is 52.5 Å². The van der Waals surface area contributed by atoms with Crippen LogP contribution in [0.1, 0.15) is 46.1 Å². The summed E-state index contributed by atoms with van der Waals surface area (Å²) in [5, 5.41) is 3.35. The molecule has 1 saturated carbocycles. The van der Waals surface area contributed by atoms with Gasteiger partial charge in [-0.1, -0.05) is 26.8 Å². The maximum absolute atomic E-state index is 12.6. The smallest absolute Gasteiger partial charge is 0.481 e. The average Bonchev–Trinajstić information content (AvgIpc) is 3.20. The van der Waals surface area contributed by atoms with Gasteiger partial charge in [0.2, 0.25) is 11.8 Å². The second-order valence-corrected chi connectivity index (χ2v) is 10.9. The molecule has 0 amide bonds. The van der Waals surface area contributed by atoms with Gasteiger partial charge in [0.05, 0.1) is 18.1 Å². The fourth-order valence-corrected chi connectivity index (χ4v) is 5.80. The number of alkyl halides is 3. The third-order valence-corrected chi connectivity index (χ3v) is 7.04. The number of imidazole rings is 1. The summed E-state index contributed by atoms with van der Waals surface area (Å²) < 4.78 is 49.3. The summed E-state index contributed by atoms with van der Waals surface area (Å²) in [5.41, 5.74) is 4.59. The Hall–Kier alpha value is -3.75. The molecule has 9 heteroatoms. The van der Waals surface area contributed by atoms with Crippen molar-refractivity contribution in [1.29, 1.82) is 0 Å². The highest BCUT2D eigenvalue weighted by atomic mass is 19.4. The van der Waals surface area contributed by atoms with Crippen LogP contribution in [0, 0.1) is 11.3 Å². The molecule has 0 spiro atoms. The number of anilines is 2. The normalized spacial score (nSPS) is 19.3. The quantitative estimate of drug-likeness (QED) is 0.276. The number of ether oxygens (including phenoxy) is 2. The summed E-state index contributed by atoms with van der Waals surface area (Å²) in [7, 11) is 1.59. The highest BCUT2D eigenvalue weighted by molar-refractivity contribution is 5.85. The predicted octanol–water partition coefficient (Wildman–Crippen LogP) is 8.14. The number of aromatic nitrogens is 3. The van der Waals surface area contributed by atoms with Gasteiger partial charge in [0.25, 0.3) is 0 Å². The van der Waals surface area contributed by atoms with Crippen LogP contribution in [0.15, 0.2) is 60.8 Å². The van der Waals surface area contributed by atoms with Gasteiger partial charge in [0.15, 0.2) is 0 Å².